The Hall–Kier alpha value is -3.19. The molecule has 32 heavy (non-hydrogen) atoms. The Labute approximate surface area is 190 Å². The Balaban J connectivity index is 1.36. The Morgan fingerprint density at radius 2 is 1.84 bits per heavy atom. The molecule has 6 nitrogen and oxygen atoms in total. The fraction of sp³-hybridized carbons (Fsp3) is 0.292. The predicted molar refractivity (Wildman–Crippen MR) is 124 cm³/mol. The molecule has 3 aromatic rings. The smallest absolute Gasteiger partial charge is 0.267 e. The molecule has 1 amide bonds. The van der Waals surface area contributed by atoms with Crippen LogP contribution in [0, 0.1) is 11.7 Å². The molecular weight excluding hydrogens is 431 g/mol. The van der Waals surface area contributed by atoms with Gasteiger partial charge in [-0.3, -0.25) is 9.59 Å². The normalized spacial score (nSPS) is 14.4. The van der Waals surface area contributed by atoms with E-state index < -0.39 is 11.7 Å². The molecule has 8 heteroatoms. The number of anilines is 2. The third-order valence-corrected chi connectivity index (χ3v) is 5.94. The molecule has 0 atom stereocenters. The predicted octanol–water partition coefficient (Wildman–Crippen LogP) is 4.13. The summed E-state index contributed by atoms with van der Waals surface area (Å²) in [5, 5.41) is 6.92. The van der Waals surface area contributed by atoms with Crippen molar-refractivity contribution in [1.82, 2.24) is 9.78 Å². The van der Waals surface area contributed by atoms with Crippen LogP contribution in [-0.4, -0.2) is 28.8 Å². The van der Waals surface area contributed by atoms with Crippen molar-refractivity contribution >= 4 is 29.0 Å². The van der Waals surface area contributed by atoms with Gasteiger partial charge < -0.3 is 10.2 Å². The number of carbonyl (C=O) groups is 1. The lowest BCUT2D eigenvalue weighted by atomic mass is 9.90. The van der Waals surface area contributed by atoms with E-state index in [0.29, 0.717) is 17.4 Å². The second-order valence-electron chi connectivity index (χ2n) is 7.98. The van der Waals surface area contributed by atoms with Crippen LogP contribution in [0.3, 0.4) is 0 Å². The fourth-order valence-electron chi connectivity index (χ4n) is 3.94. The van der Waals surface area contributed by atoms with Gasteiger partial charge in [0.2, 0.25) is 5.91 Å². The number of hydrogen-bond acceptors (Lipinski definition) is 4. The Bertz CT molecular complexity index is 1140. The topological polar surface area (TPSA) is 67.2 Å². The minimum atomic E-state index is -0.567. The molecule has 2 heterocycles. The largest absolute Gasteiger partial charge is 0.355 e. The first kappa shape index (κ1) is 22.0. The van der Waals surface area contributed by atoms with Crippen LogP contribution in [-0.2, 0) is 17.8 Å². The van der Waals surface area contributed by atoms with Gasteiger partial charge in [-0.2, -0.15) is 5.10 Å². The van der Waals surface area contributed by atoms with E-state index in [1.165, 1.54) is 29.8 Å². The molecular formula is C24H24ClFN4O2. The number of aromatic nitrogens is 2. The van der Waals surface area contributed by atoms with Gasteiger partial charge in [0.05, 0.1) is 5.02 Å². The summed E-state index contributed by atoms with van der Waals surface area (Å²) in [4.78, 5) is 26.7. The summed E-state index contributed by atoms with van der Waals surface area (Å²) < 4.78 is 14.4. The van der Waals surface area contributed by atoms with Gasteiger partial charge >= 0.3 is 0 Å². The average Bonchev–Trinajstić information content (AvgIpc) is 2.79. The lowest BCUT2D eigenvalue weighted by molar-refractivity contribution is -0.117. The maximum absolute atomic E-state index is 13.3. The Morgan fingerprint density at radius 1 is 1.09 bits per heavy atom. The summed E-state index contributed by atoms with van der Waals surface area (Å²) in [6, 6.07) is 17.5. The van der Waals surface area contributed by atoms with E-state index in [9.17, 15) is 14.0 Å². The Kier molecular flexibility index (Phi) is 6.85. The van der Waals surface area contributed by atoms with Crippen molar-refractivity contribution in [2.75, 3.05) is 23.3 Å². The van der Waals surface area contributed by atoms with Gasteiger partial charge in [-0.15, -0.1) is 0 Å². The molecule has 0 aliphatic carbocycles. The van der Waals surface area contributed by atoms with Crippen molar-refractivity contribution in [1.29, 1.82) is 0 Å². The van der Waals surface area contributed by atoms with Gasteiger partial charge in [0.25, 0.3) is 5.56 Å². The standard InChI is InChI=1S/C24H24ClFN4O2/c25-20-15-19(6-7-21(20)26)27-23(31)16-30-24(32)9-8-22(28-30)29-12-10-18(11-13-29)14-17-4-2-1-3-5-17/h1-9,15,18H,10-14,16H2,(H,27,31). The molecule has 1 saturated heterocycles. The van der Waals surface area contributed by atoms with Crippen LogP contribution in [0.4, 0.5) is 15.9 Å². The van der Waals surface area contributed by atoms with Gasteiger partial charge in [0.15, 0.2) is 0 Å². The molecule has 2 aromatic carbocycles. The monoisotopic (exact) mass is 454 g/mol. The van der Waals surface area contributed by atoms with E-state index in [2.05, 4.69) is 39.6 Å². The maximum Gasteiger partial charge on any atom is 0.267 e. The highest BCUT2D eigenvalue weighted by Gasteiger charge is 2.21. The highest BCUT2D eigenvalue weighted by atomic mass is 35.5. The molecule has 0 unspecified atom stereocenters. The van der Waals surface area contributed by atoms with E-state index in [1.807, 2.05) is 6.07 Å². The zero-order valence-corrected chi connectivity index (χ0v) is 18.3. The van der Waals surface area contributed by atoms with E-state index in [4.69, 9.17) is 11.6 Å². The number of carbonyl (C=O) groups excluding carboxylic acids is 1. The summed E-state index contributed by atoms with van der Waals surface area (Å²) in [5.41, 5.74) is 1.34. The molecule has 0 spiro atoms. The third kappa shape index (κ3) is 5.53. The van der Waals surface area contributed by atoms with E-state index in [1.54, 1.807) is 6.07 Å². The number of nitrogens with zero attached hydrogens (tertiary/aromatic N) is 3. The quantitative estimate of drug-likeness (QED) is 0.608. The molecule has 0 saturated carbocycles. The van der Waals surface area contributed by atoms with Gasteiger partial charge in [0.1, 0.15) is 18.2 Å². The maximum atomic E-state index is 13.3. The van der Waals surface area contributed by atoms with Gasteiger partial charge in [-0.25, -0.2) is 9.07 Å². The SMILES string of the molecule is O=C(Cn1nc(N2CCC(Cc3ccccc3)CC2)ccc1=O)Nc1ccc(F)c(Cl)c1. The molecule has 0 radical (unpaired) electrons. The average molecular weight is 455 g/mol. The van der Waals surface area contributed by atoms with Crippen molar-refractivity contribution in [3.05, 3.63) is 87.4 Å². The number of hydrogen-bond donors (Lipinski definition) is 1. The van der Waals surface area contributed by atoms with E-state index >= 15 is 0 Å². The molecule has 4 rings (SSSR count). The van der Waals surface area contributed by atoms with Crippen molar-refractivity contribution < 1.29 is 9.18 Å². The van der Waals surface area contributed by atoms with Crippen molar-refractivity contribution in [2.24, 2.45) is 5.92 Å². The zero-order chi connectivity index (χ0) is 22.5. The summed E-state index contributed by atoms with van der Waals surface area (Å²) in [7, 11) is 0. The molecule has 1 aromatic heterocycles. The number of amides is 1. The first-order valence-electron chi connectivity index (χ1n) is 10.6. The number of rotatable bonds is 6. The summed E-state index contributed by atoms with van der Waals surface area (Å²) in [6.07, 6.45) is 3.15. The van der Waals surface area contributed by atoms with E-state index in [0.717, 1.165) is 37.0 Å². The first-order valence-corrected chi connectivity index (χ1v) is 11.0. The van der Waals surface area contributed by atoms with Gasteiger partial charge in [0, 0.05) is 24.8 Å². The van der Waals surface area contributed by atoms with Crippen molar-refractivity contribution in [3.8, 4) is 0 Å². The first-order chi connectivity index (χ1) is 15.5. The molecule has 0 bridgehead atoms. The van der Waals surface area contributed by atoms with Crippen LogP contribution in [0.2, 0.25) is 5.02 Å². The fourth-order valence-corrected chi connectivity index (χ4v) is 4.12. The highest BCUT2D eigenvalue weighted by molar-refractivity contribution is 6.31. The molecule has 1 fully saturated rings. The highest BCUT2D eigenvalue weighted by Crippen LogP contribution is 2.24. The van der Waals surface area contributed by atoms with Crippen molar-refractivity contribution in [3.63, 3.8) is 0 Å². The minimum absolute atomic E-state index is 0.0873. The van der Waals surface area contributed by atoms with Crippen LogP contribution in [0.15, 0.2) is 65.5 Å². The summed E-state index contributed by atoms with van der Waals surface area (Å²) in [5.74, 6) is 0.289. The van der Waals surface area contributed by atoms with Crippen LogP contribution in [0.5, 0.6) is 0 Å². The lowest BCUT2D eigenvalue weighted by Crippen LogP contribution is -2.37. The third-order valence-electron chi connectivity index (χ3n) is 5.66. The molecule has 1 N–H and O–H groups in total. The summed E-state index contributed by atoms with van der Waals surface area (Å²) >= 11 is 5.75. The van der Waals surface area contributed by atoms with Crippen LogP contribution in [0.1, 0.15) is 18.4 Å². The number of halogens is 2. The zero-order valence-electron chi connectivity index (χ0n) is 17.5. The lowest BCUT2D eigenvalue weighted by Gasteiger charge is -2.33. The minimum Gasteiger partial charge on any atom is -0.355 e. The van der Waals surface area contributed by atoms with Gasteiger partial charge in [-0.1, -0.05) is 41.9 Å². The van der Waals surface area contributed by atoms with Crippen molar-refractivity contribution in [2.45, 2.75) is 25.8 Å². The summed E-state index contributed by atoms with van der Waals surface area (Å²) in [6.45, 7) is 1.46. The Morgan fingerprint density at radius 3 is 2.56 bits per heavy atom. The second kappa shape index (κ2) is 9.96. The molecule has 1 aliphatic rings. The number of piperidine rings is 1. The number of benzene rings is 2. The van der Waals surface area contributed by atoms with E-state index in [-0.39, 0.29) is 17.1 Å². The van der Waals surface area contributed by atoms with Crippen LogP contribution >= 0.6 is 11.6 Å². The molecule has 166 valence electrons. The van der Waals surface area contributed by atoms with Crippen LogP contribution < -0.4 is 15.8 Å². The van der Waals surface area contributed by atoms with Gasteiger partial charge in [-0.05, 0) is 55.0 Å². The second-order valence-corrected chi connectivity index (χ2v) is 8.39. The molecule has 1 aliphatic heterocycles. The number of nitrogens with one attached hydrogen (secondary N) is 1. The van der Waals surface area contributed by atoms with Crippen LogP contribution in [0.25, 0.3) is 0 Å².